The normalized spacial score (nSPS) is 12.2. The fraction of sp³-hybridized carbons (Fsp3) is 0.464. The maximum Gasteiger partial charge on any atom is 0.185 e. The Hall–Kier alpha value is -2.75. The van der Waals surface area contributed by atoms with E-state index in [9.17, 15) is 9.90 Å². The molecule has 0 aliphatic heterocycles. The highest BCUT2D eigenvalue weighted by Gasteiger charge is 2.33. The minimum atomic E-state index is -0.288. The van der Waals surface area contributed by atoms with Gasteiger partial charge in [-0.15, -0.1) is 0 Å². The molecular weight excluding hydrogens is 398 g/mol. The summed E-state index contributed by atoms with van der Waals surface area (Å²) < 4.78 is 6.08. The number of rotatable bonds is 10. The lowest BCUT2D eigenvalue weighted by molar-refractivity contribution is 0.104. The van der Waals surface area contributed by atoms with Crippen LogP contribution in [0.25, 0.3) is 6.08 Å². The second kappa shape index (κ2) is 10.2. The van der Waals surface area contributed by atoms with E-state index in [1.54, 1.807) is 6.08 Å². The Labute approximate surface area is 193 Å². The second-order valence-corrected chi connectivity index (χ2v) is 9.50. The molecule has 2 aromatic rings. The molecule has 32 heavy (non-hydrogen) atoms. The first-order chi connectivity index (χ1) is 15.0. The number of carbonyl (C=O) groups excluding carboxylic acids is 1. The van der Waals surface area contributed by atoms with Crippen molar-refractivity contribution in [1.82, 2.24) is 0 Å². The molecule has 0 saturated carbocycles. The number of aromatic hydroxyl groups is 1. The molecule has 0 bridgehead atoms. The molecule has 0 fully saturated rings. The number of carbonyl (C=O) groups is 1. The Kier molecular flexibility index (Phi) is 8.17. The van der Waals surface area contributed by atoms with Crippen LogP contribution in [0.15, 0.2) is 36.4 Å². The van der Waals surface area contributed by atoms with E-state index in [1.807, 2.05) is 50.4 Å². The molecular formula is C28H39NO3. The number of nitrogens with one attached hydrogen (secondary N) is 1. The van der Waals surface area contributed by atoms with Crippen LogP contribution in [0.3, 0.4) is 0 Å². The molecule has 174 valence electrons. The van der Waals surface area contributed by atoms with Gasteiger partial charge in [-0.05, 0) is 73.1 Å². The molecule has 4 nitrogen and oxygen atoms in total. The summed E-state index contributed by atoms with van der Waals surface area (Å²) >= 11 is 0. The monoisotopic (exact) mass is 437 g/mol. The third-order valence-electron chi connectivity index (χ3n) is 6.62. The summed E-state index contributed by atoms with van der Waals surface area (Å²) in [6, 6.07) is 9.38. The van der Waals surface area contributed by atoms with Crippen LogP contribution >= 0.6 is 0 Å². The van der Waals surface area contributed by atoms with Crippen molar-refractivity contribution >= 4 is 17.5 Å². The molecule has 0 radical (unpaired) electrons. The minimum Gasteiger partial charge on any atom is -0.507 e. The van der Waals surface area contributed by atoms with E-state index >= 15 is 0 Å². The van der Waals surface area contributed by atoms with Crippen molar-refractivity contribution in [2.75, 3.05) is 19.0 Å². The lowest BCUT2D eigenvalue weighted by Gasteiger charge is -2.33. The van der Waals surface area contributed by atoms with Crippen molar-refractivity contribution in [3.05, 3.63) is 58.7 Å². The van der Waals surface area contributed by atoms with Crippen LogP contribution in [-0.4, -0.2) is 24.5 Å². The Balaban J connectivity index is 2.68. The summed E-state index contributed by atoms with van der Waals surface area (Å²) in [6.45, 7) is 15.1. The largest absolute Gasteiger partial charge is 0.507 e. The number of hydrogen-bond donors (Lipinski definition) is 2. The summed E-state index contributed by atoms with van der Waals surface area (Å²) in [7, 11) is 1.85. The number of ether oxygens (including phenoxy) is 1. The van der Waals surface area contributed by atoms with E-state index in [1.165, 1.54) is 0 Å². The van der Waals surface area contributed by atoms with Gasteiger partial charge in [-0.3, -0.25) is 4.79 Å². The number of hydrogen-bond acceptors (Lipinski definition) is 4. The molecule has 2 rings (SSSR count). The summed E-state index contributed by atoms with van der Waals surface area (Å²) in [4.78, 5) is 12.8. The maximum atomic E-state index is 12.8. The fourth-order valence-electron chi connectivity index (χ4n) is 3.67. The highest BCUT2D eigenvalue weighted by molar-refractivity contribution is 6.07. The molecule has 0 aliphatic rings. The Morgan fingerprint density at radius 3 is 2.12 bits per heavy atom. The van der Waals surface area contributed by atoms with Gasteiger partial charge in [0.15, 0.2) is 5.78 Å². The number of allylic oxidation sites excluding steroid dienone is 1. The number of anilines is 1. The van der Waals surface area contributed by atoms with Gasteiger partial charge in [0, 0.05) is 35.0 Å². The number of phenolic OH excluding ortho intramolecular Hbond substituents is 1. The second-order valence-electron chi connectivity index (χ2n) is 9.50. The van der Waals surface area contributed by atoms with Crippen LogP contribution in [0.4, 0.5) is 5.69 Å². The van der Waals surface area contributed by atoms with Gasteiger partial charge in [0.1, 0.15) is 11.5 Å². The molecule has 4 heteroatoms. The van der Waals surface area contributed by atoms with Crippen molar-refractivity contribution in [2.24, 2.45) is 0 Å². The molecule has 0 spiro atoms. The predicted octanol–water partition coefficient (Wildman–Crippen LogP) is 7.10. The average molecular weight is 438 g/mol. The van der Waals surface area contributed by atoms with E-state index < -0.39 is 0 Å². The van der Waals surface area contributed by atoms with Gasteiger partial charge in [-0.25, -0.2) is 0 Å². The standard InChI is InChI=1S/C28H39NO3/c1-9-27(4,5)22-18-20(14-17-23(30)19-12-15-21(29-8)16-13-19)26(32-11-3)24(25(22)31)28(6,7)10-2/h12-18,29,31H,9-11H2,1-8H3/b17-14+. The van der Waals surface area contributed by atoms with Gasteiger partial charge in [0.25, 0.3) is 0 Å². The highest BCUT2D eigenvalue weighted by atomic mass is 16.5. The maximum absolute atomic E-state index is 12.8. The Bertz CT molecular complexity index is 969. The lowest BCUT2D eigenvalue weighted by atomic mass is 9.74. The third kappa shape index (κ3) is 5.35. The zero-order valence-electron chi connectivity index (χ0n) is 20.9. The van der Waals surface area contributed by atoms with E-state index in [-0.39, 0.29) is 16.6 Å². The van der Waals surface area contributed by atoms with Crippen LogP contribution in [0.2, 0.25) is 0 Å². The molecule has 0 heterocycles. The predicted molar refractivity (Wildman–Crippen MR) is 135 cm³/mol. The van der Waals surface area contributed by atoms with Gasteiger partial charge in [-0.1, -0.05) is 41.5 Å². The molecule has 2 N–H and O–H groups in total. The highest BCUT2D eigenvalue weighted by Crippen LogP contribution is 2.48. The van der Waals surface area contributed by atoms with Gasteiger partial charge in [0.2, 0.25) is 0 Å². The quantitative estimate of drug-likeness (QED) is 0.307. The lowest BCUT2D eigenvalue weighted by Crippen LogP contribution is -2.22. The first kappa shape index (κ1) is 25.5. The van der Waals surface area contributed by atoms with Crippen molar-refractivity contribution in [3.63, 3.8) is 0 Å². The van der Waals surface area contributed by atoms with Crippen molar-refractivity contribution in [1.29, 1.82) is 0 Å². The molecule has 0 saturated heterocycles. The molecule has 2 aromatic carbocycles. The van der Waals surface area contributed by atoms with Crippen LogP contribution in [-0.2, 0) is 10.8 Å². The van der Waals surface area contributed by atoms with Crippen LogP contribution < -0.4 is 10.1 Å². The van der Waals surface area contributed by atoms with Crippen molar-refractivity contribution < 1.29 is 14.6 Å². The summed E-state index contributed by atoms with van der Waals surface area (Å²) in [5.74, 6) is 0.885. The first-order valence-corrected chi connectivity index (χ1v) is 11.6. The topological polar surface area (TPSA) is 58.6 Å². The van der Waals surface area contributed by atoms with Crippen LogP contribution in [0, 0.1) is 0 Å². The number of ketones is 1. The van der Waals surface area contributed by atoms with Crippen molar-refractivity contribution in [3.8, 4) is 11.5 Å². The van der Waals surface area contributed by atoms with Gasteiger partial charge in [0.05, 0.1) is 6.61 Å². The zero-order chi connectivity index (χ0) is 24.1. The van der Waals surface area contributed by atoms with E-state index in [4.69, 9.17) is 4.74 Å². The molecule has 0 atom stereocenters. The Morgan fingerprint density at radius 1 is 1.03 bits per heavy atom. The minimum absolute atomic E-state index is 0.0734. The molecule has 0 unspecified atom stereocenters. The number of benzene rings is 2. The van der Waals surface area contributed by atoms with Gasteiger partial charge >= 0.3 is 0 Å². The smallest absolute Gasteiger partial charge is 0.185 e. The molecule has 0 amide bonds. The fourth-order valence-corrected chi connectivity index (χ4v) is 3.67. The number of phenols is 1. The van der Waals surface area contributed by atoms with Crippen LogP contribution in [0.5, 0.6) is 11.5 Å². The van der Waals surface area contributed by atoms with E-state index in [0.717, 1.165) is 35.2 Å². The summed E-state index contributed by atoms with van der Waals surface area (Å²) in [6.07, 6.45) is 5.13. The molecule has 0 aliphatic carbocycles. The van der Waals surface area contributed by atoms with E-state index in [2.05, 4.69) is 46.9 Å². The average Bonchev–Trinajstić information content (AvgIpc) is 2.78. The SMILES string of the molecule is CCOc1c(/C=C/C(=O)c2ccc(NC)cc2)cc(C(C)(C)CC)c(O)c1C(C)(C)CC. The summed E-state index contributed by atoms with van der Waals surface area (Å²) in [5.41, 5.74) is 3.59. The summed E-state index contributed by atoms with van der Waals surface area (Å²) in [5, 5.41) is 14.4. The van der Waals surface area contributed by atoms with Crippen LogP contribution in [0.1, 0.15) is 88.4 Å². The van der Waals surface area contributed by atoms with Gasteiger partial charge < -0.3 is 15.2 Å². The third-order valence-corrected chi connectivity index (χ3v) is 6.62. The van der Waals surface area contributed by atoms with E-state index in [0.29, 0.717) is 23.7 Å². The molecule has 0 aromatic heterocycles. The van der Waals surface area contributed by atoms with Crippen molar-refractivity contribution in [2.45, 2.75) is 72.1 Å². The first-order valence-electron chi connectivity index (χ1n) is 11.6. The van der Waals surface area contributed by atoms with Gasteiger partial charge in [-0.2, -0.15) is 0 Å². The Morgan fingerprint density at radius 2 is 1.62 bits per heavy atom. The zero-order valence-corrected chi connectivity index (χ0v) is 20.9.